The summed E-state index contributed by atoms with van der Waals surface area (Å²) in [5, 5.41) is 11.8. The Labute approximate surface area is 142 Å². The fraction of sp³-hybridized carbons (Fsp3) is 0.389. The van der Waals surface area contributed by atoms with E-state index in [1.165, 1.54) is 13.2 Å². The van der Waals surface area contributed by atoms with Crippen LogP contribution in [0, 0.1) is 11.3 Å². The molecule has 24 heavy (non-hydrogen) atoms. The monoisotopic (exact) mass is 330 g/mol. The van der Waals surface area contributed by atoms with Gasteiger partial charge in [-0.15, -0.1) is 0 Å². The highest BCUT2D eigenvalue weighted by Gasteiger charge is 2.13. The zero-order chi connectivity index (χ0) is 18.1. The average molecular weight is 330 g/mol. The Morgan fingerprint density at radius 1 is 1.33 bits per heavy atom. The Morgan fingerprint density at radius 2 is 2.04 bits per heavy atom. The number of hydrogen-bond donors (Lipinski definition) is 1. The van der Waals surface area contributed by atoms with E-state index in [1.807, 2.05) is 26.8 Å². The van der Waals surface area contributed by atoms with Gasteiger partial charge in [-0.25, -0.2) is 0 Å². The lowest BCUT2D eigenvalue weighted by atomic mass is 10.1. The maximum absolute atomic E-state index is 11.9. The smallest absolute Gasteiger partial charge is 0.311 e. The van der Waals surface area contributed by atoms with Crippen LogP contribution >= 0.6 is 0 Å². The molecular formula is C18H22N2O4. The van der Waals surface area contributed by atoms with E-state index in [-0.39, 0.29) is 17.6 Å². The summed E-state index contributed by atoms with van der Waals surface area (Å²) in [6.45, 7) is 5.52. The highest BCUT2D eigenvalue weighted by molar-refractivity contribution is 6.01. The van der Waals surface area contributed by atoms with Gasteiger partial charge in [-0.1, -0.05) is 13.0 Å². The summed E-state index contributed by atoms with van der Waals surface area (Å²) in [5.74, 6) is -0.119. The summed E-state index contributed by atoms with van der Waals surface area (Å²) in [7, 11) is 1.46. The van der Waals surface area contributed by atoms with Gasteiger partial charge in [0.1, 0.15) is 11.6 Å². The molecule has 0 aliphatic rings. The molecule has 1 aromatic rings. The number of nitriles is 1. The normalized spacial score (nSPS) is 10.9. The fourth-order valence-corrected chi connectivity index (χ4v) is 1.89. The van der Waals surface area contributed by atoms with Gasteiger partial charge >= 0.3 is 5.97 Å². The van der Waals surface area contributed by atoms with Crippen molar-refractivity contribution in [1.29, 1.82) is 5.26 Å². The first-order valence-corrected chi connectivity index (χ1v) is 7.72. The lowest BCUT2D eigenvalue weighted by molar-refractivity contribution is -0.134. The highest BCUT2D eigenvalue weighted by Crippen LogP contribution is 2.29. The molecule has 0 saturated heterocycles. The Hall–Kier alpha value is -2.81. The number of esters is 1. The van der Waals surface area contributed by atoms with E-state index in [2.05, 4.69) is 5.32 Å². The predicted octanol–water partition coefficient (Wildman–Crippen LogP) is 2.83. The molecule has 0 atom stereocenters. The van der Waals surface area contributed by atoms with Crippen molar-refractivity contribution in [2.24, 2.45) is 0 Å². The summed E-state index contributed by atoms with van der Waals surface area (Å²) in [6.07, 6.45) is 2.47. The van der Waals surface area contributed by atoms with Crippen LogP contribution in [0.25, 0.3) is 6.08 Å². The molecule has 1 rings (SSSR count). The van der Waals surface area contributed by atoms with Gasteiger partial charge in [-0.05, 0) is 44.0 Å². The molecule has 6 nitrogen and oxygen atoms in total. The molecule has 0 aliphatic heterocycles. The summed E-state index contributed by atoms with van der Waals surface area (Å²) in [6, 6.07) is 6.65. The summed E-state index contributed by atoms with van der Waals surface area (Å²) < 4.78 is 10.4. The Kier molecular flexibility index (Phi) is 7.50. The zero-order valence-electron chi connectivity index (χ0n) is 14.4. The minimum Gasteiger partial charge on any atom is -0.493 e. The van der Waals surface area contributed by atoms with Crippen molar-refractivity contribution in [3.8, 4) is 17.6 Å². The molecule has 0 fully saturated rings. The van der Waals surface area contributed by atoms with E-state index in [0.717, 1.165) is 0 Å². The van der Waals surface area contributed by atoms with Crippen LogP contribution in [0.2, 0.25) is 0 Å². The molecule has 0 aromatic heterocycles. The van der Waals surface area contributed by atoms with Gasteiger partial charge in [0.15, 0.2) is 11.5 Å². The highest BCUT2D eigenvalue weighted by atomic mass is 16.6. The van der Waals surface area contributed by atoms with Crippen molar-refractivity contribution in [3.05, 3.63) is 29.3 Å². The van der Waals surface area contributed by atoms with E-state index in [4.69, 9.17) is 14.7 Å². The van der Waals surface area contributed by atoms with Crippen LogP contribution in [0.3, 0.4) is 0 Å². The zero-order valence-corrected chi connectivity index (χ0v) is 14.4. The Morgan fingerprint density at radius 3 is 2.58 bits per heavy atom. The van der Waals surface area contributed by atoms with Gasteiger partial charge < -0.3 is 14.8 Å². The van der Waals surface area contributed by atoms with Gasteiger partial charge in [0, 0.05) is 12.5 Å². The Balaban J connectivity index is 3.05. The van der Waals surface area contributed by atoms with Crippen LogP contribution in [0.1, 0.15) is 39.2 Å². The van der Waals surface area contributed by atoms with Crippen molar-refractivity contribution >= 4 is 18.0 Å². The van der Waals surface area contributed by atoms with Gasteiger partial charge in [0.25, 0.3) is 5.91 Å². The van der Waals surface area contributed by atoms with E-state index in [9.17, 15) is 9.59 Å². The third-order valence-electron chi connectivity index (χ3n) is 2.96. The number of ether oxygens (including phenoxy) is 2. The first-order chi connectivity index (χ1) is 11.4. The van der Waals surface area contributed by atoms with Crippen molar-refractivity contribution < 1.29 is 19.1 Å². The largest absolute Gasteiger partial charge is 0.493 e. The van der Waals surface area contributed by atoms with Crippen LogP contribution in [-0.2, 0) is 9.59 Å². The molecule has 0 radical (unpaired) electrons. The minimum absolute atomic E-state index is 0.0125. The summed E-state index contributed by atoms with van der Waals surface area (Å²) in [4.78, 5) is 23.5. The SMILES string of the molecule is CCCC(=O)Oc1ccc(/C=C(\C#N)C(=O)NC(C)C)cc1OC. The molecule has 1 N–H and O–H groups in total. The number of nitrogens with one attached hydrogen (secondary N) is 1. The molecule has 1 amide bonds. The molecule has 0 saturated carbocycles. The second-order valence-electron chi connectivity index (χ2n) is 5.43. The number of hydrogen-bond acceptors (Lipinski definition) is 5. The van der Waals surface area contributed by atoms with Crippen LogP contribution in [0.5, 0.6) is 11.5 Å². The molecule has 0 aliphatic carbocycles. The lowest BCUT2D eigenvalue weighted by Gasteiger charge is -2.10. The van der Waals surface area contributed by atoms with Gasteiger partial charge in [0.2, 0.25) is 0 Å². The first kappa shape index (κ1) is 19.2. The number of nitrogens with zero attached hydrogens (tertiary/aromatic N) is 1. The van der Waals surface area contributed by atoms with Crippen molar-refractivity contribution in [2.75, 3.05) is 7.11 Å². The van der Waals surface area contributed by atoms with Gasteiger partial charge in [0.05, 0.1) is 7.11 Å². The molecule has 0 unspecified atom stereocenters. The topological polar surface area (TPSA) is 88.4 Å². The first-order valence-electron chi connectivity index (χ1n) is 7.72. The minimum atomic E-state index is -0.440. The fourth-order valence-electron chi connectivity index (χ4n) is 1.89. The van der Waals surface area contributed by atoms with Crippen molar-refractivity contribution in [3.63, 3.8) is 0 Å². The quantitative estimate of drug-likeness (QED) is 0.359. The molecule has 1 aromatic carbocycles. The van der Waals surface area contributed by atoms with Crippen LogP contribution in [0.15, 0.2) is 23.8 Å². The maximum Gasteiger partial charge on any atom is 0.311 e. The maximum atomic E-state index is 11.9. The van der Waals surface area contributed by atoms with Gasteiger partial charge in [-0.3, -0.25) is 9.59 Å². The predicted molar refractivity (Wildman–Crippen MR) is 90.4 cm³/mol. The molecule has 128 valence electrons. The summed E-state index contributed by atoms with van der Waals surface area (Å²) >= 11 is 0. The van der Waals surface area contributed by atoms with Crippen molar-refractivity contribution in [1.82, 2.24) is 5.32 Å². The number of carbonyl (C=O) groups is 2. The number of benzene rings is 1. The van der Waals surface area contributed by atoms with Crippen LogP contribution in [-0.4, -0.2) is 25.0 Å². The van der Waals surface area contributed by atoms with E-state index >= 15 is 0 Å². The molecule has 0 heterocycles. The number of rotatable bonds is 7. The second kappa shape index (κ2) is 9.36. The van der Waals surface area contributed by atoms with Crippen molar-refractivity contribution in [2.45, 2.75) is 39.7 Å². The molecular weight excluding hydrogens is 308 g/mol. The van der Waals surface area contributed by atoms with Crippen LogP contribution < -0.4 is 14.8 Å². The van der Waals surface area contributed by atoms with E-state index in [0.29, 0.717) is 29.9 Å². The third kappa shape index (κ3) is 5.76. The Bertz CT molecular complexity index is 672. The van der Waals surface area contributed by atoms with Crippen LogP contribution in [0.4, 0.5) is 0 Å². The lowest BCUT2D eigenvalue weighted by Crippen LogP contribution is -2.30. The molecule has 0 spiro atoms. The average Bonchev–Trinajstić information content (AvgIpc) is 2.53. The molecule has 0 bridgehead atoms. The van der Waals surface area contributed by atoms with E-state index in [1.54, 1.807) is 18.2 Å². The third-order valence-corrected chi connectivity index (χ3v) is 2.96. The van der Waals surface area contributed by atoms with Gasteiger partial charge in [-0.2, -0.15) is 5.26 Å². The summed E-state index contributed by atoms with van der Waals surface area (Å²) in [5.41, 5.74) is 0.582. The number of amides is 1. The standard InChI is InChI=1S/C18H22N2O4/c1-5-6-17(21)24-15-8-7-13(10-16(15)23-4)9-14(11-19)18(22)20-12(2)3/h7-10,12H,5-6H2,1-4H3,(H,20,22)/b14-9+. The second-order valence-corrected chi connectivity index (χ2v) is 5.43. The van der Waals surface area contributed by atoms with E-state index < -0.39 is 5.91 Å². The molecule has 6 heteroatoms. The number of methoxy groups -OCH3 is 1. The number of carbonyl (C=O) groups excluding carboxylic acids is 2.